The maximum absolute atomic E-state index is 12.8. The van der Waals surface area contributed by atoms with Gasteiger partial charge in [-0.15, -0.1) is 0 Å². The number of hydrogen-bond acceptors (Lipinski definition) is 2. The Labute approximate surface area is 179 Å². The van der Waals surface area contributed by atoms with E-state index in [1.165, 1.54) is 0 Å². The Balaban J connectivity index is 1.88. The second-order valence-electron chi connectivity index (χ2n) is 5.89. The number of halogens is 2. The molecule has 0 saturated heterocycles. The highest BCUT2D eigenvalue weighted by Crippen LogP contribution is 2.17. The molecule has 2 amide bonds. The van der Waals surface area contributed by atoms with Gasteiger partial charge in [-0.3, -0.25) is 9.59 Å². The molecule has 0 aliphatic rings. The summed E-state index contributed by atoms with van der Waals surface area (Å²) in [7, 11) is 0. The van der Waals surface area contributed by atoms with Crippen molar-refractivity contribution < 1.29 is 9.59 Å². The van der Waals surface area contributed by atoms with Crippen LogP contribution in [0.5, 0.6) is 0 Å². The predicted molar refractivity (Wildman–Crippen MR) is 119 cm³/mol. The quantitative estimate of drug-likeness (QED) is 0.447. The highest BCUT2D eigenvalue weighted by Gasteiger charge is 2.15. The van der Waals surface area contributed by atoms with E-state index in [1.54, 1.807) is 42.5 Å². The predicted octanol–water partition coefficient (Wildman–Crippen LogP) is 5.62. The monoisotopic (exact) mass is 498 g/mol. The van der Waals surface area contributed by atoms with Crippen LogP contribution in [0.4, 0.5) is 5.69 Å². The molecule has 6 heteroatoms. The first kappa shape index (κ1) is 20.0. The first-order chi connectivity index (χ1) is 13.5. The molecule has 2 N–H and O–H groups in total. The average molecular weight is 500 g/mol. The minimum Gasteiger partial charge on any atom is -0.321 e. The molecule has 140 valence electrons. The van der Waals surface area contributed by atoms with E-state index in [9.17, 15) is 9.59 Å². The van der Waals surface area contributed by atoms with Crippen LogP contribution in [0.15, 0.2) is 93.5 Å². The van der Waals surface area contributed by atoms with Crippen LogP contribution in [0.25, 0.3) is 6.08 Å². The van der Waals surface area contributed by atoms with Crippen molar-refractivity contribution in [1.29, 1.82) is 0 Å². The van der Waals surface area contributed by atoms with Crippen LogP contribution >= 0.6 is 31.9 Å². The van der Waals surface area contributed by atoms with Gasteiger partial charge in [-0.2, -0.15) is 0 Å². The summed E-state index contributed by atoms with van der Waals surface area (Å²) in [5.41, 5.74) is 2.03. The van der Waals surface area contributed by atoms with Crippen LogP contribution in [-0.4, -0.2) is 11.8 Å². The van der Waals surface area contributed by atoms with Crippen molar-refractivity contribution in [1.82, 2.24) is 5.32 Å². The van der Waals surface area contributed by atoms with Crippen LogP contribution in [-0.2, 0) is 4.79 Å². The van der Waals surface area contributed by atoms with Gasteiger partial charge in [-0.25, -0.2) is 0 Å². The van der Waals surface area contributed by atoms with Gasteiger partial charge in [-0.1, -0.05) is 68.3 Å². The highest BCUT2D eigenvalue weighted by molar-refractivity contribution is 9.10. The summed E-state index contributed by atoms with van der Waals surface area (Å²) in [6.45, 7) is 0. The molecule has 0 saturated carbocycles. The van der Waals surface area contributed by atoms with Crippen molar-refractivity contribution >= 4 is 55.4 Å². The highest BCUT2D eigenvalue weighted by atomic mass is 79.9. The topological polar surface area (TPSA) is 58.2 Å². The molecule has 0 bridgehead atoms. The molecule has 0 atom stereocenters. The molecule has 0 aliphatic carbocycles. The van der Waals surface area contributed by atoms with Crippen molar-refractivity contribution in [2.75, 3.05) is 5.32 Å². The zero-order valence-corrected chi connectivity index (χ0v) is 17.8. The third kappa shape index (κ3) is 5.65. The van der Waals surface area contributed by atoms with Gasteiger partial charge in [-0.05, 0) is 54.1 Å². The second-order valence-corrected chi connectivity index (χ2v) is 7.73. The molecule has 0 aliphatic heterocycles. The number of carbonyl (C=O) groups excluding carboxylic acids is 2. The van der Waals surface area contributed by atoms with E-state index < -0.39 is 5.91 Å². The smallest absolute Gasteiger partial charge is 0.272 e. The summed E-state index contributed by atoms with van der Waals surface area (Å²) >= 11 is 6.77. The third-order valence-corrected chi connectivity index (χ3v) is 4.81. The Morgan fingerprint density at radius 2 is 1.50 bits per heavy atom. The van der Waals surface area contributed by atoms with Crippen LogP contribution < -0.4 is 10.6 Å². The van der Waals surface area contributed by atoms with Gasteiger partial charge in [0, 0.05) is 20.2 Å². The van der Waals surface area contributed by atoms with Crippen LogP contribution in [0.2, 0.25) is 0 Å². The molecule has 0 fully saturated rings. The van der Waals surface area contributed by atoms with E-state index in [0.717, 1.165) is 14.5 Å². The lowest BCUT2D eigenvalue weighted by Gasteiger charge is -2.11. The number of nitrogens with one attached hydrogen (secondary N) is 2. The largest absolute Gasteiger partial charge is 0.321 e. The molecule has 0 heterocycles. The minimum absolute atomic E-state index is 0.149. The molecule has 3 aromatic rings. The van der Waals surface area contributed by atoms with E-state index in [4.69, 9.17) is 0 Å². The molecule has 0 spiro atoms. The fraction of sp³-hybridized carbons (Fsp3) is 0. The number of amides is 2. The third-order valence-electron chi connectivity index (χ3n) is 3.79. The van der Waals surface area contributed by atoms with Crippen molar-refractivity contribution in [3.05, 3.63) is 105 Å². The van der Waals surface area contributed by atoms with Gasteiger partial charge >= 0.3 is 0 Å². The lowest BCUT2D eigenvalue weighted by atomic mass is 10.1. The second kappa shape index (κ2) is 9.48. The Morgan fingerprint density at radius 1 is 0.786 bits per heavy atom. The molecular formula is C22H16Br2N2O2. The Kier molecular flexibility index (Phi) is 6.79. The molecule has 3 aromatic carbocycles. The molecule has 0 unspecified atom stereocenters. The van der Waals surface area contributed by atoms with Gasteiger partial charge in [0.25, 0.3) is 11.8 Å². The maximum Gasteiger partial charge on any atom is 0.272 e. The number of rotatable bonds is 5. The zero-order chi connectivity index (χ0) is 19.9. The molecule has 0 aromatic heterocycles. The SMILES string of the molecule is O=C(Nc1cccc(Br)c1)C(=Cc1ccc(Br)cc1)NC(=O)c1ccccc1. The molecular weight excluding hydrogens is 484 g/mol. The zero-order valence-electron chi connectivity index (χ0n) is 14.7. The molecule has 4 nitrogen and oxygen atoms in total. The standard InChI is InChI=1S/C22H16Br2N2O2/c23-17-11-9-15(10-12-17)13-20(26-21(27)16-5-2-1-3-6-16)22(28)25-19-8-4-7-18(24)14-19/h1-14H,(H,25,28)(H,26,27). The lowest BCUT2D eigenvalue weighted by Crippen LogP contribution is -2.30. The Morgan fingerprint density at radius 3 is 2.18 bits per heavy atom. The van der Waals surface area contributed by atoms with E-state index in [1.807, 2.05) is 42.5 Å². The van der Waals surface area contributed by atoms with E-state index >= 15 is 0 Å². The minimum atomic E-state index is -0.412. The van der Waals surface area contributed by atoms with Gasteiger partial charge in [0.05, 0.1) is 0 Å². The van der Waals surface area contributed by atoms with Crippen molar-refractivity contribution in [3.63, 3.8) is 0 Å². The van der Waals surface area contributed by atoms with Gasteiger partial charge in [0.2, 0.25) is 0 Å². The van der Waals surface area contributed by atoms with E-state index in [2.05, 4.69) is 42.5 Å². The van der Waals surface area contributed by atoms with Crippen LogP contribution in [0.1, 0.15) is 15.9 Å². The van der Waals surface area contributed by atoms with E-state index in [-0.39, 0.29) is 11.6 Å². The van der Waals surface area contributed by atoms with Gasteiger partial charge in [0.15, 0.2) is 0 Å². The maximum atomic E-state index is 12.8. The molecule has 3 rings (SSSR count). The van der Waals surface area contributed by atoms with Crippen molar-refractivity contribution in [2.45, 2.75) is 0 Å². The summed E-state index contributed by atoms with van der Waals surface area (Å²) in [6, 6.07) is 23.5. The number of carbonyl (C=O) groups is 2. The summed E-state index contributed by atoms with van der Waals surface area (Å²) < 4.78 is 1.77. The first-order valence-corrected chi connectivity index (χ1v) is 10.0. The van der Waals surface area contributed by atoms with Gasteiger partial charge in [0.1, 0.15) is 5.70 Å². The number of benzene rings is 3. The fourth-order valence-corrected chi connectivity index (χ4v) is 3.10. The van der Waals surface area contributed by atoms with Crippen molar-refractivity contribution in [3.8, 4) is 0 Å². The summed E-state index contributed by atoms with van der Waals surface area (Å²) in [5.74, 6) is -0.765. The summed E-state index contributed by atoms with van der Waals surface area (Å²) in [4.78, 5) is 25.4. The number of hydrogen-bond donors (Lipinski definition) is 2. The Hall–Kier alpha value is -2.70. The van der Waals surface area contributed by atoms with Gasteiger partial charge < -0.3 is 10.6 Å². The van der Waals surface area contributed by atoms with Crippen LogP contribution in [0.3, 0.4) is 0 Å². The normalized spacial score (nSPS) is 11.0. The Bertz CT molecular complexity index is 1020. The fourth-order valence-electron chi connectivity index (χ4n) is 2.43. The van der Waals surface area contributed by atoms with Crippen LogP contribution in [0, 0.1) is 0 Å². The average Bonchev–Trinajstić information content (AvgIpc) is 2.69. The van der Waals surface area contributed by atoms with Crippen molar-refractivity contribution in [2.24, 2.45) is 0 Å². The molecule has 0 radical (unpaired) electrons. The number of anilines is 1. The summed E-state index contributed by atoms with van der Waals surface area (Å²) in [6.07, 6.45) is 1.64. The van der Waals surface area contributed by atoms with E-state index in [0.29, 0.717) is 11.3 Å². The first-order valence-electron chi connectivity index (χ1n) is 8.42. The lowest BCUT2D eigenvalue weighted by molar-refractivity contribution is -0.113. The summed E-state index contributed by atoms with van der Waals surface area (Å²) in [5, 5.41) is 5.53. The molecule has 28 heavy (non-hydrogen) atoms.